The van der Waals surface area contributed by atoms with Crippen molar-refractivity contribution in [2.24, 2.45) is 0 Å². The third-order valence-corrected chi connectivity index (χ3v) is 5.07. The summed E-state index contributed by atoms with van der Waals surface area (Å²) < 4.78 is 2.39. The average molecular weight is 437 g/mol. The fourth-order valence-electron chi connectivity index (χ4n) is 3.44. The Hall–Kier alpha value is -1.72. The van der Waals surface area contributed by atoms with Crippen LogP contribution in [0.15, 0.2) is 54.7 Å². The minimum atomic E-state index is 0. The molecule has 160 valence electrons. The monoisotopic (exact) mass is 436 g/mol. The Bertz CT molecular complexity index is 863. The van der Waals surface area contributed by atoms with E-state index >= 15 is 0 Å². The number of benzene rings is 2. The summed E-state index contributed by atoms with van der Waals surface area (Å²) in [6.45, 7) is 6.50. The van der Waals surface area contributed by atoms with E-state index in [0.717, 1.165) is 26.2 Å². The van der Waals surface area contributed by atoms with Crippen molar-refractivity contribution in [3.8, 4) is 11.1 Å². The molecule has 0 atom stereocenters. The molecule has 3 aromatic rings. The number of hydrogen-bond donors (Lipinski definition) is 2. The van der Waals surface area contributed by atoms with Crippen LogP contribution >= 0.6 is 0 Å². The van der Waals surface area contributed by atoms with Gasteiger partial charge in [0.2, 0.25) is 0 Å². The zero-order chi connectivity index (χ0) is 19.4. The molecule has 0 spiro atoms. The highest BCUT2D eigenvalue weighted by atomic mass is 35.5. The fraction of sp³-hybridized carbons (Fsp3) is 0.391. The number of hydrogen-bond acceptors (Lipinski definition) is 1. The van der Waals surface area contributed by atoms with Crippen LogP contribution in [-0.2, 0) is 0 Å². The second kappa shape index (κ2) is 11.5. The highest BCUT2D eigenvalue weighted by Crippen LogP contribution is 2.31. The summed E-state index contributed by atoms with van der Waals surface area (Å²) in [5, 5.41) is 3.84. The zero-order valence-corrected chi connectivity index (χ0v) is 19.7. The Morgan fingerprint density at radius 3 is 1.97 bits per heavy atom. The topological polar surface area (TPSA) is 17.1 Å². The molecule has 0 bridgehead atoms. The molecule has 6 heteroatoms. The van der Waals surface area contributed by atoms with Crippen molar-refractivity contribution in [3.05, 3.63) is 60.3 Å². The van der Waals surface area contributed by atoms with Crippen LogP contribution in [-0.4, -0.2) is 59.0 Å². The van der Waals surface area contributed by atoms with Gasteiger partial charge in [-0.05, 0) is 24.6 Å². The van der Waals surface area contributed by atoms with Crippen LogP contribution in [0.4, 0.5) is 0 Å². The summed E-state index contributed by atoms with van der Waals surface area (Å²) in [6.07, 6.45) is 2.33. The molecule has 29 heavy (non-hydrogen) atoms. The van der Waals surface area contributed by atoms with Crippen molar-refractivity contribution in [1.29, 1.82) is 0 Å². The van der Waals surface area contributed by atoms with E-state index in [9.17, 15) is 0 Å². The molecular weight excluding hydrogens is 403 g/mol. The average Bonchev–Trinajstić information content (AvgIpc) is 3.00. The Balaban J connectivity index is 0.00000210. The quantitative estimate of drug-likeness (QED) is 0.361. The second-order valence-corrected chi connectivity index (χ2v) is 8.14. The van der Waals surface area contributed by atoms with Crippen LogP contribution in [0.2, 0.25) is 0 Å². The van der Waals surface area contributed by atoms with E-state index in [1.165, 1.54) is 37.4 Å². The van der Waals surface area contributed by atoms with Gasteiger partial charge in [0.05, 0.1) is 59.9 Å². The van der Waals surface area contributed by atoms with Crippen LogP contribution in [0.1, 0.15) is 5.56 Å². The van der Waals surface area contributed by atoms with E-state index < -0.39 is 0 Å². The van der Waals surface area contributed by atoms with Gasteiger partial charge in [-0.3, -0.25) is 4.68 Å². The maximum Gasteiger partial charge on any atom is 0.0961 e. The van der Waals surface area contributed by atoms with Gasteiger partial charge in [-0.15, -0.1) is 0 Å². The molecule has 1 heterocycles. The lowest BCUT2D eigenvalue weighted by molar-refractivity contribution is -0.858. The Morgan fingerprint density at radius 1 is 0.828 bits per heavy atom. The van der Waals surface area contributed by atoms with E-state index in [1.807, 2.05) is 0 Å². The van der Waals surface area contributed by atoms with Gasteiger partial charge in [-0.1, -0.05) is 42.0 Å². The maximum absolute atomic E-state index is 2.50. The molecule has 0 fully saturated rings. The summed E-state index contributed by atoms with van der Waals surface area (Å²) in [5.74, 6) is 0. The first-order valence-corrected chi connectivity index (χ1v) is 9.96. The van der Waals surface area contributed by atoms with E-state index in [2.05, 4.69) is 99.5 Å². The normalized spacial score (nSPS) is 10.9. The van der Waals surface area contributed by atoms with Gasteiger partial charge in [-0.25, -0.2) is 0 Å². The molecule has 0 saturated heterocycles. The number of aromatic nitrogens is 1. The SMILES string of the molecule is Cc1ccc2c(c1)c(-c1ccccc1)cn2N(CC[NH+](C)C)CC[NH+](C)C.[Cl-].[Cl-]. The molecule has 3 rings (SSSR count). The van der Waals surface area contributed by atoms with Gasteiger partial charge in [0, 0.05) is 17.1 Å². The Labute approximate surface area is 187 Å². The second-order valence-electron chi connectivity index (χ2n) is 8.14. The van der Waals surface area contributed by atoms with Crippen LogP contribution in [0, 0.1) is 6.92 Å². The molecule has 4 nitrogen and oxygen atoms in total. The van der Waals surface area contributed by atoms with Gasteiger partial charge in [0.1, 0.15) is 0 Å². The van der Waals surface area contributed by atoms with E-state index in [-0.39, 0.29) is 24.8 Å². The van der Waals surface area contributed by atoms with Crippen LogP contribution in [0.3, 0.4) is 0 Å². The molecule has 1 aromatic heterocycles. The Kier molecular flexibility index (Phi) is 10.0. The minimum absolute atomic E-state index is 0. The van der Waals surface area contributed by atoms with Crippen LogP contribution in [0.25, 0.3) is 22.0 Å². The molecule has 0 aliphatic carbocycles. The van der Waals surface area contributed by atoms with Gasteiger partial charge in [-0.2, -0.15) is 0 Å². The standard InChI is InChI=1S/C23H32N4.2ClH/c1-19-11-12-23-21(17-19)22(20-9-7-6-8-10-20)18-27(23)26(15-13-24(2)3)16-14-25(4)5;;/h6-12,17-18H,13-16H2,1-5H3;2*1H. The summed E-state index contributed by atoms with van der Waals surface area (Å²) >= 11 is 0. The molecule has 0 amide bonds. The molecule has 0 unspecified atom stereocenters. The van der Waals surface area contributed by atoms with Gasteiger partial charge in [0.25, 0.3) is 0 Å². The summed E-state index contributed by atoms with van der Waals surface area (Å²) in [5.41, 5.74) is 5.19. The van der Waals surface area contributed by atoms with E-state index in [1.54, 1.807) is 0 Å². The number of nitrogens with one attached hydrogen (secondary N) is 2. The maximum atomic E-state index is 2.50. The largest absolute Gasteiger partial charge is 1.00 e. The first-order valence-electron chi connectivity index (χ1n) is 9.96. The lowest BCUT2D eigenvalue weighted by Crippen LogP contribution is -3.07. The number of aryl methyl sites for hydroxylation is 1. The number of likely N-dealkylation sites (N-methyl/N-ethyl adjacent to an activating group) is 2. The van der Waals surface area contributed by atoms with Gasteiger partial charge < -0.3 is 39.6 Å². The van der Waals surface area contributed by atoms with Crippen LogP contribution < -0.4 is 39.6 Å². The molecule has 0 radical (unpaired) electrons. The molecular formula is C23H34Cl2N4. The highest BCUT2D eigenvalue weighted by Gasteiger charge is 2.16. The molecule has 2 N–H and O–H groups in total. The molecule has 0 aliphatic heterocycles. The number of nitrogens with zero attached hydrogens (tertiary/aromatic N) is 2. The van der Waals surface area contributed by atoms with Crippen molar-refractivity contribution in [2.75, 3.05) is 59.4 Å². The molecule has 0 saturated carbocycles. The summed E-state index contributed by atoms with van der Waals surface area (Å²) in [7, 11) is 8.90. The first-order chi connectivity index (χ1) is 13.0. The van der Waals surface area contributed by atoms with Crippen molar-refractivity contribution < 1.29 is 34.6 Å². The summed E-state index contributed by atoms with van der Waals surface area (Å²) in [6, 6.07) is 17.6. The first kappa shape index (κ1) is 25.3. The number of fused-ring (bicyclic) bond motifs is 1. The van der Waals surface area contributed by atoms with Crippen molar-refractivity contribution in [2.45, 2.75) is 6.92 Å². The lowest BCUT2D eigenvalue weighted by atomic mass is 10.0. The summed E-state index contributed by atoms with van der Waals surface area (Å²) in [4.78, 5) is 2.96. The van der Waals surface area contributed by atoms with E-state index in [0.29, 0.717) is 0 Å². The number of rotatable bonds is 8. The predicted molar refractivity (Wildman–Crippen MR) is 115 cm³/mol. The number of quaternary nitrogens is 2. The highest BCUT2D eigenvalue weighted by molar-refractivity contribution is 5.96. The number of halogens is 2. The zero-order valence-electron chi connectivity index (χ0n) is 18.2. The third kappa shape index (κ3) is 6.38. The van der Waals surface area contributed by atoms with Gasteiger partial charge in [0.15, 0.2) is 0 Å². The van der Waals surface area contributed by atoms with Crippen LogP contribution in [0.5, 0.6) is 0 Å². The van der Waals surface area contributed by atoms with Crippen molar-refractivity contribution >= 4 is 10.9 Å². The lowest BCUT2D eigenvalue weighted by Gasteiger charge is -2.27. The van der Waals surface area contributed by atoms with Crippen molar-refractivity contribution in [1.82, 2.24) is 4.68 Å². The minimum Gasteiger partial charge on any atom is -1.00 e. The molecule has 0 aliphatic rings. The van der Waals surface area contributed by atoms with Crippen molar-refractivity contribution in [3.63, 3.8) is 0 Å². The predicted octanol–water partition coefficient (Wildman–Crippen LogP) is -5.15. The third-order valence-electron chi connectivity index (χ3n) is 5.07. The molecule has 2 aromatic carbocycles. The van der Waals surface area contributed by atoms with E-state index in [4.69, 9.17) is 0 Å². The van der Waals surface area contributed by atoms with Gasteiger partial charge >= 0.3 is 0 Å². The smallest absolute Gasteiger partial charge is 0.0961 e. The Morgan fingerprint density at radius 2 is 1.41 bits per heavy atom. The fourth-order valence-corrected chi connectivity index (χ4v) is 3.44.